The molecule has 2 amide bonds. The number of aromatic nitrogens is 3. The normalized spacial score (nSPS) is 10.8. The van der Waals surface area contributed by atoms with Crippen LogP contribution in [-0.2, 0) is 4.79 Å². The van der Waals surface area contributed by atoms with Crippen LogP contribution >= 0.6 is 27.5 Å². The fourth-order valence-electron chi connectivity index (χ4n) is 3.28. The zero-order valence-corrected chi connectivity index (χ0v) is 19.9. The maximum absolute atomic E-state index is 12.5. The second-order valence-corrected chi connectivity index (χ2v) is 8.44. The Kier molecular flexibility index (Phi) is 6.90. The number of amides is 2. The van der Waals surface area contributed by atoms with Gasteiger partial charge in [-0.2, -0.15) is 9.61 Å². The number of hydrogen-bond donors (Lipinski definition) is 3. The number of nitrogens with zero attached hydrogens (tertiary/aromatic N) is 3. The highest BCUT2D eigenvalue weighted by molar-refractivity contribution is 9.10. The number of fused-ring (bicyclic) bond motifs is 1. The third kappa shape index (κ3) is 5.32. The molecule has 0 unspecified atom stereocenters. The molecule has 0 spiro atoms. The van der Waals surface area contributed by atoms with E-state index in [9.17, 15) is 9.59 Å². The van der Waals surface area contributed by atoms with Crippen LogP contribution in [0.3, 0.4) is 0 Å². The maximum atomic E-state index is 12.5. The summed E-state index contributed by atoms with van der Waals surface area (Å²) in [4.78, 5) is 28.4. The van der Waals surface area contributed by atoms with Crippen molar-refractivity contribution in [1.82, 2.24) is 19.9 Å². The second kappa shape index (κ2) is 10.0. The lowest BCUT2D eigenvalue weighted by atomic mass is 10.1. The van der Waals surface area contributed by atoms with E-state index in [1.807, 2.05) is 30.3 Å². The highest BCUT2D eigenvalue weighted by Gasteiger charge is 2.13. The molecule has 168 valence electrons. The summed E-state index contributed by atoms with van der Waals surface area (Å²) in [5.41, 5.74) is 3.20. The van der Waals surface area contributed by atoms with Crippen LogP contribution in [0, 0.1) is 0 Å². The average Bonchev–Trinajstić information content (AvgIpc) is 3.17. The van der Waals surface area contributed by atoms with Gasteiger partial charge >= 0.3 is 0 Å². The van der Waals surface area contributed by atoms with Crippen molar-refractivity contribution in [2.24, 2.45) is 0 Å². The van der Waals surface area contributed by atoms with Crippen LogP contribution in [-0.4, -0.2) is 39.5 Å². The molecular formula is C23H20BrClN6O2. The van der Waals surface area contributed by atoms with Crippen molar-refractivity contribution in [3.63, 3.8) is 0 Å². The van der Waals surface area contributed by atoms with Gasteiger partial charge in [0.25, 0.3) is 5.91 Å². The lowest BCUT2D eigenvalue weighted by Gasteiger charge is -2.12. The Morgan fingerprint density at radius 2 is 1.91 bits per heavy atom. The van der Waals surface area contributed by atoms with Gasteiger partial charge in [0.2, 0.25) is 5.91 Å². The van der Waals surface area contributed by atoms with Crippen LogP contribution in [0.1, 0.15) is 17.3 Å². The summed E-state index contributed by atoms with van der Waals surface area (Å²) in [6, 6.07) is 16.1. The zero-order chi connectivity index (χ0) is 23.4. The highest BCUT2D eigenvalue weighted by atomic mass is 79.9. The third-order valence-corrected chi connectivity index (χ3v) is 5.63. The maximum Gasteiger partial charge on any atom is 0.251 e. The predicted molar refractivity (Wildman–Crippen MR) is 133 cm³/mol. The molecule has 4 rings (SSSR count). The first kappa shape index (κ1) is 22.8. The molecule has 0 aliphatic carbocycles. The van der Waals surface area contributed by atoms with E-state index in [4.69, 9.17) is 11.6 Å². The summed E-state index contributed by atoms with van der Waals surface area (Å²) < 4.78 is 2.44. The molecule has 2 aromatic heterocycles. The van der Waals surface area contributed by atoms with Crippen LogP contribution in [0.5, 0.6) is 0 Å². The number of carbonyl (C=O) groups is 2. The summed E-state index contributed by atoms with van der Waals surface area (Å²) in [5, 5.41) is 13.8. The molecule has 3 N–H and O–H groups in total. The summed E-state index contributed by atoms with van der Waals surface area (Å²) >= 11 is 9.85. The lowest BCUT2D eigenvalue weighted by molar-refractivity contribution is -0.114. The lowest BCUT2D eigenvalue weighted by Crippen LogP contribution is -2.29. The Morgan fingerprint density at radius 3 is 2.70 bits per heavy atom. The molecule has 0 radical (unpaired) electrons. The Bertz CT molecular complexity index is 1340. The zero-order valence-electron chi connectivity index (χ0n) is 17.6. The van der Waals surface area contributed by atoms with Gasteiger partial charge in [-0.3, -0.25) is 9.59 Å². The van der Waals surface area contributed by atoms with Gasteiger partial charge in [-0.25, -0.2) is 4.98 Å². The third-order valence-electron chi connectivity index (χ3n) is 4.74. The number of halogens is 2. The summed E-state index contributed by atoms with van der Waals surface area (Å²) in [6.45, 7) is 2.25. The molecule has 8 nitrogen and oxygen atoms in total. The van der Waals surface area contributed by atoms with Crippen molar-refractivity contribution in [3.05, 3.63) is 75.9 Å². The Labute approximate surface area is 203 Å². The Balaban J connectivity index is 1.46. The standard InChI is InChI=1S/C23H20BrClN6O2/c1-14(32)29-16-6-4-5-15(11-16)23(33)27-10-9-26-21-12-20(17-7-2-3-8-19(17)25)30-22-18(24)13-28-31(21)22/h2-8,11-13,26H,9-10H2,1H3,(H,27,33)(H,29,32). The fraction of sp³-hybridized carbons (Fsp3) is 0.130. The van der Waals surface area contributed by atoms with E-state index in [1.54, 1.807) is 35.0 Å². The SMILES string of the molecule is CC(=O)Nc1cccc(C(=O)NCCNc2cc(-c3ccccc3Cl)nc3c(Br)cnn23)c1. The number of nitrogens with one attached hydrogen (secondary N) is 3. The molecule has 0 saturated carbocycles. The van der Waals surface area contributed by atoms with Gasteiger partial charge in [0.05, 0.1) is 16.4 Å². The largest absolute Gasteiger partial charge is 0.368 e. The molecule has 0 atom stereocenters. The summed E-state index contributed by atoms with van der Waals surface area (Å²) in [7, 11) is 0. The van der Waals surface area contributed by atoms with Gasteiger partial charge in [-0.15, -0.1) is 0 Å². The highest BCUT2D eigenvalue weighted by Crippen LogP contribution is 2.30. The van der Waals surface area contributed by atoms with Crippen LogP contribution < -0.4 is 16.0 Å². The topological polar surface area (TPSA) is 100 Å². The van der Waals surface area contributed by atoms with E-state index in [2.05, 4.69) is 42.0 Å². The number of benzene rings is 2. The van der Waals surface area contributed by atoms with E-state index >= 15 is 0 Å². The molecule has 0 fully saturated rings. The van der Waals surface area contributed by atoms with E-state index < -0.39 is 0 Å². The molecule has 10 heteroatoms. The van der Waals surface area contributed by atoms with Crippen molar-refractivity contribution in [3.8, 4) is 11.3 Å². The Morgan fingerprint density at radius 1 is 1.09 bits per heavy atom. The minimum atomic E-state index is -0.234. The van der Waals surface area contributed by atoms with Gasteiger partial charge in [-0.05, 0) is 40.2 Å². The van der Waals surface area contributed by atoms with Gasteiger partial charge in [0.15, 0.2) is 5.65 Å². The molecular weight excluding hydrogens is 508 g/mol. The van der Waals surface area contributed by atoms with E-state index in [1.165, 1.54) is 6.92 Å². The quantitative estimate of drug-likeness (QED) is 0.305. The summed E-state index contributed by atoms with van der Waals surface area (Å²) in [5.74, 6) is 0.284. The van der Waals surface area contributed by atoms with Crippen LogP contribution in [0.15, 0.2) is 65.3 Å². The van der Waals surface area contributed by atoms with Gasteiger partial charge in [-0.1, -0.05) is 35.9 Å². The molecule has 0 aliphatic rings. The first-order valence-corrected chi connectivity index (χ1v) is 11.3. The smallest absolute Gasteiger partial charge is 0.251 e. The molecule has 0 aliphatic heterocycles. The fourth-order valence-corrected chi connectivity index (χ4v) is 3.86. The van der Waals surface area contributed by atoms with Crippen molar-refractivity contribution in [2.75, 3.05) is 23.7 Å². The van der Waals surface area contributed by atoms with Crippen molar-refractivity contribution in [1.29, 1.82) is 0 Å². The first-order valence-electron chi connectivity index (χ1n) is 10.1. The van der Waals surface area contributed by atoms with E-state index in [0.717, 1.165) is 10.0 Å². The average molecular weight is 528 g/mol. The molecule has 0 saturated heterocycles. The number of hydrogen-bond acceptors (Lipinski definition) is 5. The minimum absolute atomic E-state index is 0.193. The number of anilines is 2. The monoisotopic (exact) mass is 526 g/mol. The van der Waals surface area contributed by atoms with Crippen LogP contribution in [0.25, 0.3) is 16.9 Å². The van der Waals surface area contributed by atoms with Gasteiger partial charge in [0.1, 0.15) is 5.82 Å². The molecule has 33 heavy (non-hydrogen) atoms. The molecule has 4 aromatic rings. The number of carbonyl (C=O) groups excluding carboxylic acids is 2. The minimum Gasteiger partial charge on any atom is -0.368 e. The van der Waals surface area contributed by atoms with Crippen molar-refractivity contribution in [2.45, 2.75) is 6.92 Å². The second-order valence-electron chi connectivity index (χ2n) is 7.18. The molecule has 2 aromatic carbocycles. The van der Waals surface area contributed by atoms with E-state index in [0.29, 0.717) is 46.5 Å². The first-order chi connectivity index (χ1) is 15.9. The van der Waals surface area contributed by atoms with E-state index in [-0.39, 0.29) is 11.8 Å². The predicted octanol–water partition coefficient (Wildman–Crippen LogP) is 4.61. The molecule has 0 bridgehead atoms. The van der Waals surface area contributed by atoms with Crippen molar-refractivity contribution >= 4 is 56.5 Å². The summed E-state index contributed by atoms with van der Waals surface area (Å²) in [6.07, 6.45) is 1.67. The molecule has 2 heterocycles. The van der Waals surface area contributed by atoms with Gasteiger partial charge in [0, 0.05) is 47.9 Å². The number of rotatable bonds is 7. The van der Waals surface area contributed by atoms with Crippen LogP contribution in [0.2, 0.25) is 5.02 Å². The Hall–Kier alpha value is -3.43. The van der Waals surface area contributed by atoms with Crippen molar-refractivity contribution < 1.29 is 9.59 Å². The van der Waals surface area contributed by atoms with Crippen LogP contribution in [0.4, 0.5) is 11.5 Å². The van der Waals surface area contributed by atoms with Gasteiger partial charge < -0.3 is 16.0 Å².